The smallest absolute Gasteiger partial charge is 0.278 e. The summed E-state index contributed by atoms with van der Waals surface area (Å²) in [6.07, 6.45) is 4.33. The van der Waals surface area contributed by atoms with Crippen LogP contribution in [0.2, 0.25) is 0 Å². The van der Waals surface area contributed by atoms with Gasteiger partial charge in [-0.2, -0.15) is 5.10 Å². The van der Waals surface area contributed by atoms with E-state index in [4.69, 9.17) is 0 Å². The van der Waals surface area contributed by atoms with Crippen molar-refractivity contribution in [2.24, 2.45) is 0 Å². The molecule has 1 aliphatic carbocycles. The minimum Gasteiger partial charge on any atom is -0.296 e. The first-order valence-corrected chi connectivity index (χ1v) is 8.31. The Morgan fingerprint density at radius 1 is 1.17 bits per heavy atom. The van der Waals surface area contributed by atoms with E-state index in [0.717, 1.165) is 25.0 Å². The standard InChI is InChI=1S/C16H14N4O2S/c21-14-10-6-2-1-5-9(10)13(19-20-14)15(22)18-16-17-11-7-3-4-8-12(11)23-16/h1-2,5-6H,3-4,7-8H2,(H,20,21)(H,17,18,22). The SMILES string of the molecule is O=C(Nc1nc2c(s1)CCCC2)c1n[nH]c(=O)c2ccccc12. The average Bonchev–Trinajstić information content (AvgIpc) is 2.97. The Hall–Kier alpha value is -2.54. The zero-order chi connectivity index (χ0) is 15.8. The van der Waals surface area contributed by atoms with Crippen molar-refractivity contribution >= 4 is 33.1 Å². The molecule has 116 valence electrons. The Bertz CT molecular complexity index is 937. The second-order valence-corrected chi connectivity index (χ2v) is 6.58. The maximum Gasteiger partial charge on any atom is 0.278 e. The number of aryl methyl sites for hydroxylation is 2. The van der Waals surface area contributed by atoms with Crippen LogP contribution in [0.1, 0.15) is 33.9 Å². The molecule has 0 atom stereocenters. The molecule has 1 aromatic carbocycles. The zero-order valence-electron chi connectivity index (χ0n) is 12.3. The van der Waals surface area contributed by atoms with E-state index >= 15 is 0 Å². The third kappa shape index (κ3) is 2.53. The number of rotatable bonds is 2. The molecule has 0 spiro atoms. The molecule has 2 N–H and O–H groups in total. The van der Waals surface area contributed by atoms with Gasteiger partial charge in [-0.05, 0) is 31.7 Å². The van der Waals surface area contributed by atoms with Crippen LogP contribution in [-0.4, -0.2) is 21.1 Å². The molecule has 2 heterocycles. The Kier molecular flexibility index (Phi) is 3.42. The van der Waals surface area contributed by atoms with Crippen molar-refractivity contribution in [2.45, 2.75) is 25.7 Å². The number of carbonyl (C=O) groups excluding carboxylic acids is 1. The number of nitrogens with zero attached hydrogens (tertiary/aromatic N) is 2. The number of carbonyl (C=O) groups is 1. The van der Waals surface area contributed by atoms with Gasteiger partial charge < -0.3 is 0 Å². The quantitative estimate of drug-likeness (QED) is 0.757. The molecule has 0 saturated carbocycles. The Balaban J connectivity index is 1.68. The fourth-order valence-electron chi connectivity index (χ4n) is 2.85. The second-order valence-electron chi connectivity index (χ2n) is 5.50. The lowest BCUT2D eigenvalue weighted by Crippen LogP contribution is -2.19. The van der Waals surface area contributed by atoms with E-state index in [0.29, 0.717) is 15.9 Å². The monoisotopic (exact) mass is 326 g/mol. The van der Waals surface area contributed by atoms with Crippen molar-refractivity contribution in [3.05, 3.63) is 50.9 Å². The van der Waals surface area contributed by atoms with Crippen molar-refractivity contribution in [1.82, 2.24) is 15.2 Å². The van der Waals surface area contributed by atoms with E-state index in [9.17, 15) is 9.59 Å². The molecular formula is C16H14N4O2S. The third-order valence-electron chi connectivity index (χ3n) is 3.98. The van der Waals surface area contributed by atoms with Crippen LogP contribution in [0.4, 0.5) is 5.13 Å². The molecule has 1 aliphatic rings. The normalized spacial score (nSPS) is 13.7. The number of aromatic nitrogens is 3. The summed E-state index contributed by atoms with van der Waals surface area (Å²) in [4.78, 5) is 30.1. The number of thiazole rings is 1. The number of hydrogen-bond donors (Lipinski definition) is 2. The van der Waals surface area contributed by atoms with Crippen LogP contribution in [0.5, 0.6) is 0 Å². The number of hydrogen-bond acceptors (Lipinski definition) is 5. The van der Waals surface area contributed by atoms with Crippen molar-refractivity contribution in [3.63, 3.8) is 0 Å². The highest BCUT2D eigenvalue weighted by atomic mass is 32.1. The van der Waals surface area contributed by atoms with Gasteiger partial charge >= 0.3 is 0 Å². The van der Waals surface area contributed by atoms with Gasteiger partial charge in [0.05, 0.1) is 11.1 Å². The minimum absolute atomic E-state index is 0.202. The summed E-state index contributed by atoms with van der Waals surface area (Å²) < 4.78 is 0. The van der Waals surface area contributed by atoms with Crippen molar-refractivity contribution < 1.29 is 4.79 Å². The largest absolute Gasteiger partial charge is 0.296 e. The van der Waals surface area contributed by atoms with E-state index in [-0.39, 0.29) is 17.2 Å². The van der Waals surface area contributed by atoms with Gasteiger partial charge in [0.2, 0.25) is 0 Å². The van der Waals surface area contributed by atoms with Crippen LogP contribution in [0.15, 0.2) is 29.1 Å². The number of aromatic amines is 1. The Morgan fingerprint density at radius 2 is 1.96 bits per heavy atom. The fraction of sp³-hybridized carbons (Fsp3) is 0.250. The first kappa shape index (κ1) is 14.1. The van der Waals surface area contributed by atoms with Gasteiger partial charge in [0.1, 0.15) is 0 Å². The summed E-state index contributed by atoms with van der Waals surface area (Å²) in [5.74, 6) is -0.358. The van der Waals surface area contributed by atoms with Gasteiger partial charge in [0.25, 0.3) is 11.5 Å². The van der Waals surface area contributed by atoms with E-state index in [2.05, 4.69) is 20.5 Å². The van der Waals surface area contributed by atoms with Crippen LogP contribution in [0.3, 0.4) is 0 Å². The molecular weight excluding hydrogens is 312 g/mol. The van der Waals surface area contributed by atoms with Crippen molar-refractivity contribution in [3.8, 4) is 0 Å². The first-order chi connectivity index (χ1) is 11.2. The lowest BCUT2D eigenvalue weighted by atomic mass is 10.0. The molecule has 0 bridgehead atoms. The molecule has 0 fully saturated rings. The van der Waals surface area contributed by atoms with Gasteiger partial charge in [-0.3, -0.25) is 14.9 Å². The van der Waals surface area contributed by atoms with E-state index < -0.39 is 0 Å². The van der Waals surface area contributed by atoms with E-state index in [1.807, 2.05) is 0 Å². The summed E-state index contributed by atoms with van der Waals surface area (Å²) >= 11 is 1.52. The lowest BCUT2D eigenvalue weighted by molar-refractivity contribution is 0.102. The molecule has 7 heteroatoms. The number of benzene rings is 1. The Labute approximate surface area is 135 Å². The third-order valence-corrected chi connectivity index (χ3v) is 5.05. The highest BCUT2D eigenvalue weighted by Gasteiger charge is 2.19. The molecule has 0 saturated heterocycles. The summed E-state index contributed by atoms with van der Waals surface area (Å²) in [6, 6.07) is 6.94. The van der Waals surface area contributed by atoms with E-state index in [1.54, 1.807) is 24.3 Å². The fourth-order valence-corrected chi connectivity index (χ4v) is 3.89. The van der Waals surface area contributed by atoms with Crippen LogP contribution >= 0.6 is 11.3 Å². The number of nitrogens with one attached hydrogen (secondary N) is 2. The number of amides is 1. The average molecular weight is 326 g/mol. The molecule has 0 aliphatic heterocycles. The first-order valence-electron chi connectivity index (χ1n) is 7.50. The van der Waals surface area contributed by atoms with Crippen molar-refractivity contribution in [2.75, 3.05) is 5.32 Å². The molecule has 0 unspecified atom stereocenters. The molecule has 3 aromatic rings. The minimum atomic E-state index is -0.358. The van der Waals surface area contributed by atoms with Crippen LogP contribution in [-0.2, 0) is 12.8 Å². The summed E-state index contributed by atoms with van der Waals surface area (Å²) in [6.45, 7) is 0. The van der Waals surface area contributed by atoms with E-state index in [1.165, 1.54) is 22.6 Å². The van der Waals surface area contributed by atoms with Crippen LogP contribution < -0.4 is 10.9 Å². The van der Waals surface area contributed by atoms with Crippen LogP contribution in [0, 0.1) is 0 Å². The number of fused-ring (bicyclic) bond motifs is 2. The highest BCUT2D eigenvalue weighted by Crippen LogP contribution is 2.29. The molecule has 23 heavy (non-hydrogen) atoms. The number of anilines is 1. The molecule has 4 rings (SSSR count). The predicted molar refractivity (Wildman–Crippen MR) is 89.1 cm³/mol. The highest BCUT2D eigenvalue weighted by molar-refractivity contribution is 7.15. The van der Waals surface area contributed by atoms with Gasteiger partial charge in [0.15, 0.2) is 10.8 Å². The molecule has 1 amide bonds. The summed E-state index contributed by atoms with van der Waals surface area (Å²) in [5.41, 5.74) is 0.992. The van der Waals surface area contributed by atoms with Crippen LogP contribution in [0.25, 0.3) is 10.8 Å². The summed E-state index contributed by atoms with van der Waals surface area (Å²) in [5, 5.41) is 10.7. The predicted octanol–water partition coefficient (Wildman–Crippen LogP) is 2.51. The van der Waals surface area contributed by atoms with Gasteiger partial charge in [-0.15, -0.1) is 11.3 Å². The Morgan fingerprint density at radius 3 is 2.78 bits per heavy atom. The summed E-state index contributed by atoms with van der Waals surface area (Å²) in [7, 11) is 0. The maximum absolute atomic E-state index is 12.5. The van der Waals surface area contributed by atoms with Gasteiger partial charge in [-0.25, -0.2) is 10.1 Å². The second kappa shape index (κ2) is 5.58. The zero-order valence-corrected chi connectivity index (χ0v) is 13.1. The maximum atomic E-state index is 12.5. The molecule has 2 aromatic heterocycles. The van der Waals surface area contributed by atoms with Gasteiger partial charge in [0, 0.05) is 10.3 Å². The van der Waals surface area contributed by atoms with Crippen molar-refractivity contribution in [1.29, 1.82) is 0 Å². The lowest BCUT2D eigenvalue weighted by Gasteiger charge is -2.06. The molecule has 0 radical (unpaired) electrons. The van der Waals surface area contributed by atoms with Gasteiger partial charge in [-0.1, -0.05) is 18.2 Å². The molecule has 6 nitrogen and oxygen atoms in total. The number of H-pyrrole nitrogens is 1. The topological polar surface area (TPSA) is 87.7 Å².